The molecule has 2 N–H and O–H groups in total. The van der Waals surface area contributed by atoms with E-state index in [0.717, 1.165) is 18.5 Å². The van der Waals surface area contributed by atoms with Crippen molar-refractivity contribution in [3.05, 3.63) is 29.3 Å². The van der Waals surface area contributed by atoms with Gasteiger partial charge in [-0.3, -0.25) is 9.59 Å². The summed E-state index contributed by atoms with van der Waals surface area (Å²) in [5.74, 6) is -1.67. The van der Waals surface area contributed by atoms with Crippen LogP contribution in [0.5, 0.6) is 0 Å². The molecule has 0 radical (unpaired) electrons. The van der Waals surface area contributed by atoms with E-state index in [9.17, 15) is 14.7 Å². The zero-order valence-electron chi connectivity index (χ0n) is 12.3. The molecule has 0 spiro atoms. The summed E-state index contributed by atoms with van der Waals surface area (Å²) in [6, 6.07) is 6.04. The van der Waals surface area contributed by atoms with E-state index in [2.05, 4.69) is 11.4 Å². The van der Waals surface area contributed by atoms with Crippen LogP contribution in [0, 0.1) is 17.8 Å². The number of carbonyl (C=O) groups is 2. The number of amides is 1. The summed E-state index contributed by atoms with van der Waals surface area (Å²) in [5.41, 5.74) is 3.47. The SMILES string of the molecule is CC1CC(C(=O)O)C(C(=O)Nc2ccc3c(c2)CCC3)C1. The second-order valence-corrected chi connectivity index (χ2v) is 6.45. The Hall–Kier alpha value is -1.84. The lowest BCUT2D eigenvalue weighted by atomic mass is 9.95. The number of hydrogen-bond acceptors (Lipinski definition) is 2. The van der Waals surface area contributed by atoms with Crippen LogP contribution in [0.2, 0.25) is 0 Å². The van der Waals surface area contributed by atoms with Crippen LogP contribution in [0.3, 0.4) is 0 Å². The van der Waals surface area contributed by atoms with Crippen LogP contribution in [0.15, 0.2) is 18.2 Å². The molecule has 112 valence electrons. The van der Waals surface area contributed by atoms with Gasteiger partial charge in [0, 0.05) is 5.69 Å². The molecule has 0 bridgehead atoms. The van der Waals surface area contributed by atoms with Crippen LogP contribution in [0.1, 0.15) is 37.3 Å². The Labute approximate surface area is 124 Å². The summed E-state index contributed by atoms with van der Waals surface area (Å²) in [6.07, 6.45) is 4.61. The minimum Gasteiger partial charge on any atom is -0.481 e. The number of nitrogens with one attached hydrogen (secondary N) is 1. The number of hydrogen-bond donors (Lipinski definition) is 2. The third kappa shape index (κ3) is 2.80. The molecule has 4 nitrogen and oxygen atoms in total. The molecular weight excluding hydrogens is 266 g/mol. The molecule has 1 fully saturated rings. The van der Waals surface area contributed by atoms with Crippen molar-refractivity contribution in [1.29, 1.82) is 0 Å². The van der Waals surface area contributed by atoms with Crippen molar-refractivity contribution in [3.63, 3.8) is 0 Å². The Morgan fingerprint density at radius 1 is 1.14 bits per heavy atom. The van der Waals surface area contributed by atoms with Gasteiger partial charge in [0.15, 0.2) is 0 Å². The Morgan fingerprint density at radius 3 is 2.62 bits per heavy atom. The van der Waals surface area contributed by atoms with Crippen molar-refractivity contribution >= 4 is 17.6 Å². The predicted molar refractivity (Wildman–Crippen MR) is 80.1 cm³/mol. The molecule has 1 aromatic carbocycles. The number of carboxylic acids is 1. The fourth-order valence-corrected chi connectivity index (χ4v) is 3.74. The third-order valence-corrected chi connectivity index (χ3v) is 4.82. The lowest BCUT2D eigenvalue weighted by molar-refractivity contribution is -0.145. The number of benzene rings is 1. The smallest absolute Gasteiger partial charge is 0.307 e. The normalized spacial score (nSPS) is 27.4. The van der Waals surface area contributed by atoms with Crippen LogP contribution < -0.4 is 5.32 Å². The number of carbonyl (C=O) groups excluding carboxylic acids is 1. The lowest BCUT2D eigenvalue weighted by Gasteiger charge is -2.16. The Bertz CT molecular complexity index is 581. The summed E-state index contributed by atoms with van der Waals surface area (Å²) < 4.78 is 0. The van der Waals surface area contributed by atoms with Crippen molar-refractivity contribution in [1.82, 2.24) is 0 Å². The summed E-state index contributed by atoms with van der Waals surface area (Å²) in [6.45, 7) is 2.01. The van der Waals surface area contributed by atoms with E-state index in [1.807, 2.05) is 19.1 Å². The fraction of sp³-hybridized carbons (Fsp3) is 0.529. The van der Waals surface area contributed by atoms with Crippen molar-refractivity contribution in [2.45, 2.75) is 39.0 Å². The average molecular weight is 287 g/mol. The molecule has 4 heteroatoms. The quantitative estimate of drug-likeness (QED) is 0.898. The highest BCUT2D eigenvalue weighted by molar-refractivity contribution is 5.95. The van der Waals surface area contributed by atoms with Gasteiger partial charge >= 0.3 is 5.97 Å². The molecule has 0 aliphatic heterocycles. The third-order valence-electron chi connectivity index (χ3n) is 4.82. The van der Waals surface area contributed by atoms with E-state index in [0.29, 0.717) is 18.8 Å². The van der Waals surface area contributed by atoms with Gasteiger partial charge in [-0.2, -0.15) is 0 Å². The summed E-state index contributed by atoms with van der Waals surface area (Å²) in [4.78, 5) is 23.7. The number of anilines is 1. The van der Waals surface area contributed by atoms with Crippen LogP contribution in [0.25, 0.3) is 0 Å². The topological polar surface area (TPSA) is 66.4 Å². The molecule has 1 amide bonds. The van der Waals surface area contributed by atoms with Gasteiger partial charge in [-0.15, -0.1) is 0 Å². The maximum absolute atomic E-state index is 12.4. The van der Waals surface area contributed by atoms with Crippen molar-refractivity contribution in [3.8, 4) is 0 Å². The first kappa shape index (κ1) is 14.1. The number of fused-ring (bicyclic) bond motifs is 1. The summed E-state index contributed by atoms with van der Waals surface area (Å²) in [7, 11) is 0. The first-order valence-electron chi connectivity index (χ1n) is 7.70. The van der Waals surface area contributed by atoms with Crippen LogP contribution in [-0.4, -0.2) is 17.0 Å². The number of carboxylic acid groups (broad SMARTS) is 1. The number of aryl methyl sites for hydroxylation is 2. The first-order valence-corrected chi connectivity index (χ1v) is 7.70. The van der Waals surface area contributed by atoms with Gasteiger partial charge in [-0.05, 0) is 61.3 Å². The minimum atomic E-state index is -0.853. The van der Waals surface area contributed by atoms with Crippen LogP contribution in [0.4, 0.5) is 5.69 Å². The van der Waals surface area contributed by atoms with E-state index in [-0.39, 0.29) is 5.91 Å². The van der Waals surface area contributed by atoms with E-state index >= 15 is 0 Å². The molecule has 0 saturated heterocycles. The molecule has 3 unspecified atom stereocenters. The zero-order chi connectivity index (χ0) is 15.0. The molecule has 0 aromatic heterocycles. The standard InChI is InChI=1S/C17H21NO3/c1-10-7-14(15(8-10)17(20)21)16(19)18-13-6-5-11-3-2-4-12(11)9-13/h5-6,9-10,14-15H,2-4,7-8H2,1H3,(H,18,19)(H,20,21). The Morgan fingerprint density at radius 2 is 1.86 bits per heavy atom. The van der Waals surface area contributed by atoms with Gasteiger partial charge in [0.05, 0.1) is 11.8 Å². The van der Waals surface area contributed by atoms with Gasteiger partial charge in [0.25, 0.3) is 0 Å². The fourth-order valence-electron chi connectivity index (χ4n) is 3.74. The van der Waals surface area contributed by atoms with Crippen molar-refractivity contribution < 1.29 is 14.7 Å². The highest BCUT2D eigenvalue weighted by Crippen LogP contribution is 2.37. The van der Waals surface area contributed by atoms with Gasteiger partial charge in [-0.25, -0.2) is 0 Å². The molecule has 3 rings (SSSR count). The Balaban J connectivity index is 1.72. The Kier molecular flexibility index (Phi) is 3.70. The largest absolute Gasteiger partial charge is 0.481 e. The highest BCUT2D eigenvalue weighted by Gasteiger charge is 2.41. The highest BCUT2D eigenvalue weighted by atomic mass is 16.4. The molecule has 3 atom stereocenters. The summed E-state index contributed by atoms with van der Waals surface area (Å²) in [5, 5.41) is 12.2. The van der Waals surface area contributed by atoms with Crippen molar-refractivity contribution in [2.24, 2.45) is 17.8 Å². The van der Waals surface area contributed by atoms with Gasteiger partial charge in [-0.1, -0.05) is 13.0 Å². The second-order valence-electron chi connectivity index (χ2n) is 6.45. The number of aliphatic carboxylic acids is 1. The second kappa shape index (κ2) is 5.51. The minimum absolute atomic E-state index is 0.148. The predicted octanol–water partition coefficient (Wildman–Crippen LogP) is 2.86. The molecular formula is C17H21NO3. The van der Waals surface area contributed by atoms with E-state index < -0.39 is 17.8 Å². The monoisotopic (exact) mass is 287 g/mol. The molecule has 1 aromatic rings. The maximum Gasteiger partial charge on any atom is 0.307 e. The zero-order valence-corrected chi connectivity index (χ0v) is 12.3. The molecule has 21 heavy (non-hydrogen) atoms. The van der Waals surface area contributed by atoms with E-state index in [1.165, 1.54) is 17.5 Å². The number of rotatable bonds is 3. The lowest BCUT2D eigenvalue weighted by Crippen LogP contribution is -2.30. The van der Waals surface area contributed by atoms with Gasteiger partial charge in [0.1, 0.15) is 0 Å². The van der Waals surface area contributed by atoms with Crippen molar-refractivity contribution in [2.75, 3.05) is 5.32 Å². The molecule has 2 aliphatic carbocycles. The van der Waals surface area contributed by atoms with Gasteiger partial charge in [0.2, 0.25) is 5.91 Å². The molecule has 2 aliphatic rings. The first-order chi connectivity index (χ1) is 10.0. The van der Waals surface area contributed by atoms with Crippen LogP contribution >= 0.6 is 0 Å². The molecule has 0 heterocycles. The van der Waals surface area contributed by atoms with Gasteiger partial charge < -0.3 is 10.4 Å². The van der Waals surface area contributed by atoms with Crippen LogP contribution in [-0.2, 0) is 22.4 Å². The van der Waals surface area contributed by atoms with E-state index in [4.69, 9.17) is 0 Å². The molecule has 1 saturated carbocycles. The summed E-state index contributed by atoms with van der Waals surface area (Å²) >= 11 is 0. The average Bonchev–Trinajstić information content (AvgIpc) is 3.04. The maximum atomic E-state index is 12.4. The van der Waals surface area contributed by atoms with E-state index in [1.54, 1.807) is 0 Å².